The smallest absolute Gasteiger partial charge is 0.214 e. The van der Waals surface area contributed by atoms with E-state index in [1.54, 1.807) is 0 Å². The lowest BCUT2D eigenvalue weighted by atomic mass is 10.2. The molecule has 7 heteroatoms. The van der Waals surface area contributed by atoms with Crippen LogP contribution >= 0.6 is 22.9 Å². The van der Waals surface area contributed by atoms with Gasteiger partial charge in [0.15, 0.2) is 0 Å². The molecule has 2 heterocycles. The topological polar surface area (TPSA) is 45.5 Å². The molecule has 26 heavy (non-hydrogen) atoms. The molecule has 0 saturated carbocycles. The molecule has 0 radical (unpaired) electrons. The van der Waals surface area contributed by atoms with Gasteiger partial charge in [-0.2, -0.15) is 0 Å². The highest BCUT2D eigenvalue weighted by molar-refractivity contribution is 7.20. The second-order valence-corrected chi connectivity index (χ2v) is 7.57. The van der Waals surface area contributed by atoms with Crippen LogP contribution in [0.15, 0.2) is 54.7 Å². The van der Waals surface area contributed by atoms with Crippen molar-refractivity contribution in [1.82, 2.24) is 14.6 Å². The van der Waals surface area contributed by atoms with Gasteiger partial charge in [0, 0.05) is 36.9 Å². The maximum Gasteiger partial charge on any atom is 0.214 e. The number of benzene rings is 2. The highest BCUT2D eigenvalue weighted by atomic mass is 35.5. The summed E-state index contributed by atoms with van der Waals surface area (Å²) in [5.74, 6) is 0. The van der Waals surface area contributed by atoms with E-state index in [0.29, 0.717) is 0 Å². The minimum Gasteiger partial charge on any atom is -0.378 e. The first-order chi connectivity index (χ1) is 12.6. The molecule has 0 spiro atoms. The predicted octanol–water partition coefficient (Wildman–Crippen LogP) is 4.79. The van der Waals surface area contributed by atoms with Crippen molar-refractivity contribution < 1.29 is 0 Å². The van der Waals surface area contributed by atoms with Crippen molar-refractivity contribution in [3.05, 3.63) is 65.3 Å². The summed E-state index contributed by atoms with van der Waals surface area (Å²) >= 11 is 7.48. The molecule has 0 aliphatic heterocycles. The van der Waals surface area contributed by atoms with Crippen LogP contribution in [0.5, 0.6) is 0 Å². The molecular weight excluding hydrogens is 366 g/mol. The van der Waals surface area contributed by atoms with Gasteiger partial charge in [-0.3, -0.25) is 0 Å². The molecule has 0 aliphatic carbocycles. The van der Waals surface area contributed by atoms with Gasteiger partial charge in [-0.25, -0.2) is 9.50 Å². The van der Waals surface area contributed by atoms with E-state index >= 15 is 0 Å². The van der Waals surface area contributed by atoms with Crippen LogP contribution in [-0.4, -0.2) is 28.7 Å². The Hall–Kier alpha value is -2.57. The standard InChI is InChI=1S/C19H18ClN5S/c1-24(2)16-9-3-13(4-10-16)11-21-18-23-25-12-17(22-19(25)26-18)14-5-7-15(20)8-6-14/h3-10,12H,11H2,1-2H3,(H,21,23). The maximum absolute atomic E-state index is 5.94. The fraction of sp³-hybridized carbons (Fsp3) is 0.158. The van der Waals surface area contributed by atoms with E-state index in [1.807, 2.05) is 49.1 Å². The summed E-state index contributed by atoms with van der Waals surface area (Å²) in [7, 11) is 4.08. The highest BCUT2D eigenvalue weighted by Gasteiger charge is 2.09. The summed E-state index contributed by atoms with van der Waals surface area (Å²) in [6.07, 6.45) is 1.94. The van der Waals surface area contributed by atoms with Crippen LogP contribution in [0.1, 0.15) is 5.56 Å². The van der Waals surface area contributed by atoms with Gasteiger partial charge >= 0.3 is 0 Å². The Morgan fingerprint density at radius 2 is 1.81 bits per heavy atom. The second-order valence-electron chi connectivity index (χ2n) is 6.18. The molecule has 132 valence electrons. The van der Waals surface area contributed by atoms with Crippen molar-refractivity contribution in [3.63, 3.8) is 0 Å². The Labute approximate surface area is 160 Å². The molecule has 0 saturated heterocycles. The molecule has 4 aromatic rings. The van der Waals surface area contributed by atoms with Gasteiger partial charge in [-0.05, 0) is 29.8 Å². The fourth-order valence-electron chi connectivity index (χ4n) is 2.62. The van der Waals surface area contributed by atoms with E-state index in [1.165, 1.54) is 22.6 Å². The van der Waals surface area contributed by atoms with Crippen LogP contribution in [0, 0.1) is 0 Å². The number of fused-ring (bicyclic) bond motifs is 1. The zero-order valence-electron chi connectivity index (χ0n) is 14.5. The predicted molar refractivity (Wildman–Crippen MR) is 109 cm³/mol. The van der Waals surface area contributed by atoms with E-state index < -0.39 is 0 Å². The van der Waals surface area contributed by atoms with E-state index in [9.17, 15) is 0 Å². The van der Waals surface area contributed by atoms with Crippen molar-refractivity contribution >= 4 is 38.7 Å². The summed E-state index contributed by atoms with van der Waals surface area (Å²) in [5.41, 5.74) is 4.33. The van der Waals surface area contributed by atoms with Crippen molar-refractivity contribution in [1.29, 1.82) is 0 Å². The number of nitrogens with zero attached hydrogens (tertiary/aromatic N) is 4. The summed E-state index contributed by atoms with van der Waals surface area (Å²) in [5, 5.41) is 9.51. The van der Waals surface area contributed by atoms with Crippen LogP contribution in [0.25, 0.3) is 16.2 Å². The highest BCUT2D eigenvalue weighted by Crippen LogP contribution is 2.25. The molecule has 0 unspecified atom stereocenters. The maximum atomic E-state index is 5.94. The van der Waals surface area contributed by atoms with Crippen LogP contribution in [-0.2, 0) is 6.54 Å². The van der Waals surface area contributed by atoms with Crippen molar-refractivity contribution in [3.8, 4) is 11.3 Å². The average molecular weight is 384 g/mol. The van der Waals surface area contributed by atoms with Gasteiger partial charge in [-0.15, -0.1) is 5.10 Å². The van der Waals surface area contributed by atoms with E-state index in [-0.39, 0.29) is 0 Å². The molecule has 0 bridgehead atoms. The number of rotatable bonds is 5. The molecule has 0 fully saturated rings. The van der Waals surface area contributed by atoms with E-state index in [0.717, 1.165) is 32.9 Å². The lowest BCUT2D eigenvalue weighted by molar-refractivity contribution is 0.962. The number of halogens is 1. The van der Waals surface area contributed by atoms with E-state index in [4.69, 9.17) is 11.6 Å². The third kappa shape index (κ3) is 3.52. The normalized spacial score (nSPS) is 11.0. The number of imidazole rings is 1. The molecule has 2 aromatic carbocycles. The molecule has 5 nitrogen and oxygen atoms in total. The van der Waals surface area contributed by atoms with Crippen molar-refractivity contribution in [2.45, 2.75) is 6.54 Å². The number of hydrogen-bond donors (Lipinski definition) is 1. The first-order valence-electron chi connectivity index (χ1n) is 8.21. The van der Waals surface area contributed by atoms with Crippen LogP contribution < -0.4 is 10.2 Å². The molecule has 0 amide bonds. The Balaban J connectivity index is 1.46. The monoisotopic (exact) mass is 383 g/mol. The zero-order chi connectivity index (χ0) is 18.1. The van der Waals surface area contributed by atoms with E-state index in [2.05, 4.69) is 44.6 Å². The average Bonchev–Trinajstić information content (AvgIpc) is 3.19. The summed E-state index contributed by atoms with van der Waals surface area (Å²) in [6, 6.07) is 16.1. The Morgan fingerprint density at radius 3 is 2.46 bits per heavy atom. The quantitative estimate of drug-likeness (QED) is 0.538. The van der Waals surface area contributed by atoms with Gasteiger partial charge in [0.2, 0.25) is 10.1 Å². The summed E-state index contributed by atoms with van der Waals surface area (Å²) in [6.45, 7) is 0.731. The molecular formula is C19H18ClN5S. The third-order valence-electron chi connectivity index (χ3n) is 4.08. The van der Waals surface area contributed by atoms with Crippen molar-refractivity contribution in [2.24, 2.45) is 0 Å². The summed E-state index contributed by atoms with van der Waals surface area (Å²) < 4.78 is 1.81. The molecule has 0 atom stereocenters. The van der Waals surface area contributed by atoms with Gasteiger partial charge in [-0.1, -0.05) is 47.2 Å². The molecule has 1 N–H and O–H groups in total. The largest absolute Gasteiger partial charge is 0.378 e. The number of aromatic nitrogens is 3. The van der Waals surface area contributed by atoms with Gasteiger partial charge < -0.3 is 10.2 Å². The number of nitrogens with one attached hydrogen (secondary N) is 1. The van der Waals surface area contributed by atoms with Gasteiger partial charge in [0.1, 0.15) is 0 Å². The van der Waals surface area contributed by atoms with Gasteiger partial charge in [0.05, 0.1) is 11.9 Å². The van der Waals surface area contributed by atoms with Gasteiger partial charge in [0.25, 0.3) is 0 Å². The SMILES string of the molecule is CN(C)c1ccc(CNc2nn3cc(-c4ccc(Cl)cc4)nc3s2)cc1. The summed E-state index contributed by atoms with van der Waals surface area (Å²) in [4.78, 5) is 7.60. The second kappa shape index (κ2) is 6.97. The van der Waals surface area contributed by atoms with Crippen LogP contribution in [0.4, 0.5) is 10.8 Å². The lowest BCUT2D eigenvalue weighted by Crippen LogP contribution is -2.08. The zero-order valence-corrected chi connectivity index (χ0v) is 16.1. The van der Waals surface area contributed by atoms with Crippen molar-refractivity contribution in [2.75, 3.05) is 24.3 Å². The minimum absolute atomic E-state index is 0.720. The third-order valence-corrected chi connectivity index (χ3v) is 5.21. The Morgan fingerprint density at radius 1 is 1.08 bits per heavy atom. The minimum atomic E-state index is 0.720. The molecule has 4 rings (SSSR count). The number of anilines is 2. The Bertz CT molecular complexity index is 987. The fourth-order valence-corrected chi connectivity index (χ4v) is 3.52. The Kier molecular flexibility index (Phi) is 4.53. The van der Waals surface area contributed by atoms with Crippen LogP contribution in [0.3, 0.4) is 0 Å². The number of hydrogen-bond acceptors (Lipinski definition) is 5. The molecule has 0 aliphatic rings. The first kappa shape index (κ1) is 16.9. The lowest BCUT2D eigenvalue weighted by Gasteiger charge is -2.12. The molecule has 2 aromatic heterocycles. The van der Waals surface area contributed by atoms with Crippen LogP contribution in [0.2, 0.25) is 5.02 Å². The first-order valence-corrected chi connectivity index (χ1v) is 9.40.